The number of aliphatic hydroxyl groups excluding tert-OH is 4. The zero-order chi connectivity index (χ0) is 20.0. The molecule has 1 aromatic heterocycles. The van der Waals surface area contributed by atoms with E-state index in [1.54, 1.807) is 0 Å². The quantitative estimate of drug-likeness (QED) is 0.227. The Labute approximate surface area is 159 Å². The lowest BCUT2D eigenvalue weighted by molar-refractivity contribution is -0.313. The van der Waals surface area contributed by atoms with Crippen molar-refractivity contribution in [3.05, 3.63) is 6.33 Å². The summed E-state index contributed by atoms with van der Waals surface area (Å²) >= 11 is 6.40. The minimum absolute atomic E-state index is 0.242. The van der Waals surface area contributed by atoms with E-state index < -0.39 is 63.6 Å². The van der Waals surface area contributed by atoms with Crippen LogP contribution in [0.1, 0.15) is 12.8 Å². The Bertz CT molecular complexity index is 769. The second-order valence-electron chi connectivity index (χ2n) is 6.56. The molecule has 12 nitrogen and oxygen atoms in total. The lowest BCUT2D eigenvalue weighted by Gasteiger charge is -2.41. The first-order chi connectivity index (χ1) is 12.6. The monoisotopic (exact) mass is 429 g/mol. The number of hydrogen-bond acceptors (Lipinski definition) is 10. The van der Waals surface area contributed by atoms with Crippen LogP contribution in [0.2, 0.25) is 0 Å². The summed E-state index contributed by atoms with van der Waals surface area (Å²) in [6.45, 7) is -0.870. The van der Waals surface area contributed by atoms with Crippen molar-refractivity contribution >= 4 is 21.7 Å². The van der Waals surface area contributed by atoms with Crippen LogP contribution >= 0.6 is 11.6 Å². The smallest absolute Gasteiger partial charge is 0.330 e. The number of nitrogens with zero attached hydrogens (tertiary/aromatic N) is 3. The van der Waals surface area contributed by atoms with Gasteiger partial charge in [0.15, 0.2) is 6.29 Å². The van der Waals surface area contributed by atoms with E-state index >= 15 is 0 Å². The summed E-state index contributed by atoms with van der Waals surface area (Å²) in [7, 11) is -4.63. The lowest BCUT2D eigenvalue weighted by atomic mass is 9.99. The molecule has 2 aliphatic rings. The number of halogens is 1. The summed E-state index contributed by atoms with van der Waals surface area (Å²) in [5.74, 6) is 0. The summed E-state index contributed by atoms with van der Waals surface area (Å²) in [4.78, 5) is 2.58. The van der Waals surface area contributed by atoms with Crippen LogP contribution in [-0.2, 0) is 26.1 Å². The van der Waals surface area contributed by atoms with Gasteiger partial charge in [0.1, 0.15) is 30.7 Å². The van der Waals surface area contributed by atoms with Gasteiger partial charge in [0.25, 0.3) is 5.16 Å². The highest BCUT2D eigenvalue weighted by molar-refractivity contribution is 7.85. The number of alkyl halides is 1. The molecule has 3 rings (SSSR count). The normalized spacial score (nSPS) is 34.4. The van der Waals surface area contributed by atoms with E-state index in [-0.39, 0.29) is 6.54 Å². The van der Waals surface area contributed by atoms with Gasteiger partial charge in [-0.15, -0.1) is 11.6 Å². The first-order valence-corrected chi connectivity index (χ1v) is 9.89. The van der Waals surface area contributed by atoms with Crippen molar-refractivity contribution in [1.29, 1.82) is 0 Å². The van der Waals surface area contributed by atoms with Crippen molar-refractivity contribution < 1.29 is 42.9 Å². The summed E-state index contributed by atoms with van der Waals surface area (Å²) in [5, 5.41) is 42.1. The van der Waals surface area contributed by atoms with Gasteiger partial charge >= 0.3 is 10.1 Å². The van der Waals surface area contributed by atoms with Crippen molar-refractivity contribution in [2.75, 3.05) is 6.61 Å². The summed E-state index contributed by atoms with van der Waals surface area (Å²) in [6.07, 6.45) is -6.40. The third-order valence-electron chi connectivity index (χ3n) is 4.60. The second kappa shape index (κ2) is 7.50. The molecule has 1 saturated heterocycles. The molecule has 2 heterocycles. The average Bonchev–Trinajstić information content (AvgIpc) is 3.16. The fraction of sp³-hybridized carbons (Fsp3) is 0.846. The van der Waals surface area contributed by atoms with E-state index in [4.69, 9.17) is 21.1 Å². The standard InChI is InChI=1S/C13H20ClN3O9S/c14-13(1-2-13)7(3-17-12(15-5-16-17)27(22,23)24)26-11-10(21)9(20)8(19)6(4-18)25-11/h5-11,18-21H,1-4H2,(H,22,23,24)/t6-,7?,8-,9+,10-,11+/m1/s1. The van der Waals surface area contributed by atoms with Gasteiger partial charge < -0.3 is 29.9 Å². The molecule has 0 amide bonds. The molecule has 1 aromatic rings. The van der Waals surface area contributed by atoms with E-state index in [0.29, 0.717) is 12.8 Å². The number of ether oxygens (including phenoxy) is 2. The van der Waals surface area contributed by atoms with Gasteiger partial charge in [-0.3, -0.25) is 4.55 Å². The van der Waals surface area contributed by atoms with Crippen LogP contribution in [0.3, 0.4) is 0 Å². The van der Waals surface area contributed by atoms with Crippen molar-refractivity contribution in [2.24, 2.45) is 0 Å². The van der Waals surface area contributed by atoms with Crippen LogP contribution < -0.4 is 0 Å². The molecule has 0 aromatic carbocycles. The molecule has 1 saturated carbocycles. The van der Waals surface area contributed by atoms with E-state index in [2.05, 4.69) is 10.1 Å². The molecule has 14 heteroatoms. The number of hydrogen-bond donors (Lipinski definition) is 5. The van der Waals surface area contributed by atoms with Crippen molar-refractivity contribution in [3.63, 3.8) is 0 Å². The van der Waals surface area contributed by atoms with E-state index in [1.807, 2.05) is 0 Å². The molecule has 0 radical (unpaired) electrons. The van der Waals surface area contributed by atoms with Crippen LogP contribution in [-0.4, -0.2) is 96.5 Å². The first kappa shape index (κ1) is 20.8. The van der Waals surface area contributed by atoms with Crippen LogP contribution in [0.5, 0.6) is 0 Å². The Morgan fingerprint density at radius 1 is 1.33 bits per heavy atom. The maximum atomic E-state index is 11.4. The van der Waals surface area contributed by atoms with E-state index in [9.17, 15) is 33.4 Å². The van der Waals surface area contributed by atoms with Crippen molar-refractivity contribution in [1.82, 2.24) is 14.8 Å². The van der Waals surface area contributed by atoms with Gasteiger partial charge in [0.05, 0.1) is 24.1 Å². The molecular formula is C13H20ClN3O9S. The van der Waals surface area contributed by atoms with Crippen molar-refractivity contribution in [3.8, 4) is 0 Å². The van der Waals surface area contributed by atoms with Crippen LogP contribution in [0.15, 0.2) is 11.5 Å². The summed E-state index contributed by atoms with van der Waals surface area (Å²) in [6, 6.07) is 0. The Balaban J connectivity index is 1.80. The molecule has 5 N–H and O–H groups in total. The van der Waals surface area contributed by atoms with Crippen LogP contribution in [0.25, 0.3) is 0 Å². The highest BCUT2D eigenvalue weighted by atomic mass is 35.5. The highest BCUT2D eigenvalue weighted by Gasteiger charge is 2.53. The average molecular weight is 430 g/mol. The molecule has 0 spiro atoms. The third kappa shape index (κ3) is 4.26. The molecule has 2 fully saturated rings. The Morgan fingerprint density at radius 3 is 2.56 bits per heavy atom. The van der Waals surface area contributed by atoms with Crippen molar-refractivity contribution in [2.45, 2.75) is 66.2 Å². The molecule has 27 heavy (non-hydrogen) atoms. The lowest BCUT2D eigenvalue weighted by Crippen LogP contribution is -2.60. The predicted molar refractivity (Wildman–Crippen MR) is 86.3 cm³/mol. The molecule has 1 unspecified atom stereocenters. The Hall–Kier alpha value is -0.900. The first-order valence-electron chi connectivity index (χ1n) is 8.07. The van der Waals surface area contributed by atoms with Crippen LogP contribution in [0.4, 0.5) is 0 Å². The molecule has 1 aliphatic carbocycles. The SMILES string of the molecule is O=S(=O)(O)c1ncnn1CC(O[C@@H]1O[C@H](CO)[C@@H](O)[C@H](O)[C@H]1O)C1(Cl)CC1. The fourth-order valence-corrected chi connectivity index (χ4v) is 3.63. The van der Waals surface area contributed by atoms with Gasteiger partial charge in [-0.2, -0.15) is 13.5 Å². The fourth-order valence-electron chi connectivity index (χ4n) is 2.85. The van der Waals surface area contributed by atoms with Gasteiger partial charge in [-0.05, 0) is 12.8 Å². The maximum Gasteiger partial charge on any atom is 0.330 e. The third-order valence-corrected chi connectivity index (χ3v) is 6.00. The van der Waals surface area contributed by atoms with Gasteiger partial charge in [0, 0.05) is 0 Å². The molecule has 154 valence electrons. The minimum atomic E-state index is -4.63. The molecule has 1 aliphatic heterocycles. The maximum absolute atomic E-state index is 11.4. The highest BCUT2D eigenvalue weighted by Crippen LogP contribution is 2.48. The zero-order valence-corrected chi connectivity index (χ0v) is 15.4. The zero-order valence-electron chi connectivity index (χ0n) is 13.9. The van der Waals surface area contributed by atoms with Crippen LogP contribution in [0, 0.1) is 0 Å². The Kier molecular flexibility index (Phi) is 5.78. The summed E-state index contributed by atoms with van der Waals surface area (Å²) < 4.78 is 43.8. The predicted octanol–water partition coefficient (Wildman–Crippen LogP) is -2.52. The van der Waals surface area contributed by atoms with Gasteiger partial charge in [-0.1, -0.05) is 0 Å². The summed E-state index contributed by atoms with van der Waals surface area (Å²) in [5.41, 5.74) is 0. The topological polar surface area (TPSA) is 184 Å². The van der Waals surface area contributed by atoms with Gasteiger partial charge in [0.2, 0.25) is 0 Å². The molecule has 6 atom stereocenters. The number of rotatable bonds is 7. The minimum Gasteiger partial charge on any atom is -0.394 e. The van der Waals surface area contributed by atoms with E-state index in [0.717, 1.165) is 11.0 Å². The number of aliphatic hydroxyl groups is 4. The second-order valence-corrected chi connectivity index (χ2v) is 8.62. The molecule has 0 bridgehead atoms. The molecular weight excluding hydrogens is 410 g/mol. The number of aromatic nitrogens is 3. The Morgan fingerprint density at radius 2 is 2.00 bits per heavy atom. The largest absolute Gasteiger partial charge is 0.394 e. The van der Waals surface area contributed by atoms with Gasteiger partial charge in [-0.25, -0.2) is 9.67 Å². The van der Waals surface area contributed by atoms with E-state index in [1.165, 1.54) is 0 Å².